The SMILES string of the molecule is CCCCCCCCCCCCSCC(C)C(=O)NCCNCCN. The molecule has 0 spiro atoms. The van der Waals surface area contributed by atoms with Gasteiger partial charge in [-0.3, -0.25) is 4.79 Å². The van der Waals surface area contributed by atoms with Crippen LogP contribution >= 0.6 is 11.8 Å². The summed E-state index contributed by atoms with van der Waals surface area (Å²) in [5.41, 5.74) is 5.40. The Bertz CT molecular complexity index is 290. The van der Waals surface area contributed by atoms with Crippen LogP contribution in [-0.2, 0) is 4.79 Å². The molecule has 0 heterocycles. The topological polar surface area (TPSA) is 67.2 Å². The van der Waals surface area contributed by atoms with E-state index in [2.05, 4.69) is 17.6 Å². The molecule has 0 aliphatic carbocycles. The molecule has 1 amide bonds. The standard InChI is InChI=1S/C20H43N3OS/c1-3-4-5-6-7-8-9-10-11-12-17-25-18-19(2)20(24)23-16-15-22-14-13-21/h19,22H,3-18,21H2,1-2H3,(H,23,24). The first-order valence-corrected chi connectivity index (χ1v) is 11.6. The van der Waals surface area contributed by atoms with Gasteiger partial charge in [0.25, 0.3) is 0 Å². The van der Waals surface area contributed by atoms with Crippen molar-refractivity contribution in [3.8, 4) is 0 Å². The Hall–Kier alpha value is -0.260. The monoisotopic (exact) mass is 373 g/mol. The second-order valence-corrected chi connectivity index (χ2v) is 8.14. The van der Waals surface area contributed by atoms with Gasteiger partial charge in [0.05, 0.1) is 0 Å². The maximum atomic E-state index is 11.9. The van der Waals surface area contributed by atoms with Crippen molar-refractivity contribution < 1.29 is 4.79 Å². The third-order valence-electron chi connectivity index (χ3n) is 4.38. The molecule has 4 nitrogen and oxygen atoms in total. The Labute approximate surface area is 160 Å². The van der Waals surface area contributed by atoms with Gasteiger partial charge in [0.1, 0.15) is 0 Å². The highest BCUT2D eigenvalue weighted by Crippen LogP contribution is 2.14. The Morgan fingerprint density at radius 2 is 1.52 bits per heavy atom. The number of unbranched alkanes of at least 4 members (excludes halogenated alkanes) is 9. The van der Waals surface area contributed by atoms with Crippen LogP contribution in [0.3, 0.4) is 0 Å². The van der Waals surface area contributed by atoms with E-state index >= 15 is 0 Å². The molecule has 1 atom stereocenters. The van der Waals surface area contributed by atoms with E-state index < -0.39 is 0 Å². The number of carbonyl (C=O) groups is 1. The smallest absolute Gasteiger partial charge is 0.223 e. The highest BCUT2D eigenvalue weighted by Gasteiger charge is 2.11. The molecule has 0 aromatic rings. The van der Waals surface area contributed by atoms with Gasteiger partial charge in [-0.05, 0) is 12.2 Å². The quantitative estimate of drug-likeness (QED) is 0.300. The maximum absolute atomic E-state index is 11.9. The third-order valence-corrected chi connectivity index (χ3v) is 5.69. The molecule has 0 aromatic carbocycles. The van der Waals surface area contributed by atoms with E-state index in [9.17, 15) is 4.79 Å². The summed E-state index contributed by atoms with van der Waals surface area (Å²) in [6.45, 7) is 7.22. The molecule has 0 aromatic heterocycles. The Morgan fingerprint density at radius 1 is 0.920 bits per heavy atom. The number of carbonyl (C=O) groups excluding carboxylic acids is 1. The fraction of sp³-hybridized carbons (Fsp3) is 0.950. The minimum atomic E-state index is 0.0997. The number of thioether (sulfide) groups is 1. The predicted molar refractivity (Wildman–Crippen MR) is 113 cm³/mol. The molecule has 0 bridgehead atoms. The van der Waals surface area contributed by atoms with Gasteiger partial charge in [-0.25, -0.2) is 0 Å². The first kappa shape index (κ1) is 24.7. The van der Waals surface area contributed by atoms with E-state index in [0.717, 1.165) is 18.8 Å². The molecule has 150 valence electrons. The van der Waals surface area contributed by atoms with Crippen LogP contribution in [0.4, 0.5) is 0 Å². The third kappa shape index (κ3) is 18.3. The van der Waals surface area contributed by atoms with Crippen LogP contribution in [0.25, 0.3) is 0 Å². The van der Waals surface area contributed by atoms with Crippen LogP contribution in [0.1, 0.15) is 78.1 Å². The van der Waals surface area contributed by atoms with Crippen molar-refractivity contribution in [1.82, 2.24) is 10.6 Å². The highest BCUT2D eigenvalue weighted by molar-refractivity contribution is 7.99. The summed E-state index contributed by atoms with van der Waals surface area (Å²) in [6, 6.07) is 0. The molecule has 0 fully saturated rings. The van der Waals surface area contributed by atoms with Gasteiger partial charge in [0.15, 0.2) is 0 Å². The van der Waals surface area contributed by atoms with Crippen molar-refractivity contribution in [1.29, 1.82) is 0 Å². The fourth-order valence-corrected chi connectivity index (χ4v) is 3.78. The Morgan fingerprint density at radius 3 is 2.12 bits per heavy atom. The van der Waals surface area contributed by atoms with Gasteiger partial charge < -0.3 is 16.4 Å². The molecule has 0 rings (SSSR count). The van der Waals surface area contributed by atoms with Gasteiger partial charge in [-0.15, -0.1) is 0 Å². The van der Waals surface area contributed by atoms with Crippen molar-refractivity contribution in [2.75, 3.05) is 37.7 Å². The maximum Gasteiger partial charge on any atom is 0.223 e. The largest absolute Gasteiger partial charge is 0.355 e. The zero-order valence-electron chi connectivity index (χ0n) is 16.8. The second-order valence-electron chi connectivity index (χ2n) is 6.99. The number of hydrogen-bond donors (Lipinski definition) is 3. The van der Waals surface area contributed by atoms with Gasteiger partial charge in [0, 0.05) is 37.8 Å². The molecule has 1 unspecified atom stereocenters. The minimum Gasteiger partial charge on any atom is -0.355 e. The molecule has 0 saturated heterocycles. The van der Waals surface area contributed by atoms with Crippen LogP contribution in [0.15, 0.2) is 0 Å². The van der Waals surface area contributed by atoms with E-state index in [1.165, 1.54) is 70.0 Å². The van der Waals surface area contributed by atoms with Gasteiger partial charge in [-0.2, -0.15) is 11.8 Å². The van der Waals surface area contributed by atoms with E-state index in [4.69, 9.17) is 5.73 Å². The first-order valence-electron chi connectivity index (χ1n) is 10.5. The van der Waals surface area contributed by atoms with Crippen molar-refractivity contribution in [3.63, 3.8) is 0 Å². The lowest BCUT2D eigenvalue weighted by Gasteiger charge is -2.12. The number of nitrogens with two attached hydrogens (primary N) is 1. The number of amides is 1. The summed E-state index contributed by atoms with van der Waals surface area (Å²) >= 11 is 1.92. The summed E-state index contributed by atoms with van der Waals surface area (Å²) in [5, 5.41) is 6.16. The van der Waals surface area contributed by atoms with E-state index in [1.54, 1.807) is 0 Å². The molecule has 4 N–H and O–H groups in total. The Balaban J connectivity index is 3.28. The van der Waals surface area contributed by atoms with Crippen molar-refractivity contribution in [3.05, 3.63) is 0 Å². The normalized spacial score (nSPS) is 12.3. The fourth-order valence-electron chi connectivity index (χ4n) is 2.70. The first-order chi connectivity index (χ1) is 12.2. The average Bonchev–Trinajstić information content (AvgIpc) is 2.62. The second kappa shape index (κ2) is 20.1. The minimum absolute atomic E-state index is 0.0997. The van der Waals surface area contributed by atoms with Crippen LogP contribution in [0.2, 0.25) is 0 Å². The van der Waals surface area contributed by atoms with E-state index in [-0.39, 0.29) is 11.8 Å². The molecule has 0 saturated carbocycles. The Kier molecular flexibility index (Phi) is 19.8. The van der Waals surface area contributed by atoms with Crippen molar-refractivity contribution in [2.24, 2.45) is 11.7 Å². The van der Waals surface area contributed by atoms with Crippen LogP contribution in [0.5, 0.6) is 0 Å². The zero-order valence-corrected chi connectivity index (χ0v) is 17.6. The molecule has 5 heteroatoms. The van der Waals surface area contributed by atoms with Crippen LogP contribution in [0, 0.1) is 5.92 Å². The summed E-state index contributed by atoms with van der Waals surface area (Å²) in [6.07, 6.45) is 13.8. The lowest BCUT2D eigenvalue weighted by molar-refractivity contribution is -0.123. The lowest BCUT2D eigenvalue weighted by Crippen LogP contribution is -2.36. The predicted octanol–water partition coefficient (Wildman–Crippen LogP) is 3.94. The van der Waals surface area contributed by atoms with Gasteiger partial charge in [0.2, 0.25) is 5.91 Å². The van der Waals surface area contributed by atoms with Crippen molar-refractivity contribution >= 4 is 17.7 Å². The molecule has 25 heavy (non-hydrogen) atoms. The van der Waals surface area contributed by atoms with Crippen LogP contribution in [-0.4, -0.2) is 43.6 Å². The van der Waals surface area contributed by atoms with Crippen LogP contribution < -0.4 is 16.4 Å². The molecule has 0 aliphatic heterocycles. The zero-order chi connectivity index (χ0) is 18.6. The molecular weight excluding hydrogens is 330 g/mol. The van der Waals surface area contributed by atoms with Crippen molar-refractivity contribution in [2.45, 2.75) is 78.1 Å². The molecular formula is C20H43N3OS. The van der Waals surface area contributed by atoms with E-state index in [1.807, 2.05) is 18.7 Å². The summed E-state index contributed by atoms with van der Waals surface area (Å²) in [5.74, 6) is 2.39. The number of rotatable bonds is 19. The summed E-state index contributed by atoms with van der Waals surface area (Å²) in [4.78, 5) is 11.9. The van der Waals surface area contributed by atoms with Gasteiger partial charge >= 0.3 is 0 Å². The molecule has 0 aliphatic rings. The highest BCUT2D eigenvalue weighted by atomic mass is 32.2. The molecule has 0 radical (unpaired) electrons. The van der Waals surface area contributed by atoms with E-state index in [0.29, 0.717) is 13.1 Å². The average molecular weight is 374 g/mol. The van der Waals surface area contributed by atoms with Gasteiger partial charge in [-0.1, -0.05) is 71.6 Å². The lowest BCUT2D eigenvalue weighted by atomic mass is 10.1. The summed E-state index contributed by atoms with van der Waals surface area (Å²) < 4.78 is 0. The number of hydrogen-bond acceptors (Lipinski definition) is 4. The number of nitrogens with one attached hydrogen (secondary N) is 2. The summed E-state index contributed by atoms with van der Waals surface area (Å²) in [7, 11) is 0.